The lowest BCUT2D eigenvalue weighted by Crippen LogP contribution is -2.32. The van der Waals surface area contributed by atoms with Crippen LogP contribution in [-0.2, 0) is 10.8 Å². The van der Waals surface area contributed by atoms with Crippen LogP contribution < -0.4 is 10.9 Å². The lowest BCUT2D eigenvalue weighted by Gasteiger charge is -2.17. The molecule has 0 fully saturated rings. The second kappa shape index (κ2) is 6.76. The highest BCUT2D eigenvalue weighted by atomic mass is 32.2. The minimum atomic E-state index is -1.02. The normalized spacial score (nSPS) is 13.0. The third-order valence-corrected chi connectivity index (χ3v) is 5.40. The van der Waals surface area contributed by atoms with Gasteiger partial charge >= 0.3 is 0 Å². The van der Waals surface area contributed by atoms with Crippen LogP contribution in [0.4, 0.5) is 0 Å². The van der Waals surface area contributed by atoms with Crippen molar-refractivity contribution in [2.24, 2.45) is 0 Å². The van der Waals surface area contributed by atoms with E-state index in [0.717, 1.165) is 0 Å². The maximum Gasteiger partial charge on any atom is 0.259 e. The highest BCUT2D eigenvalue weighted by Crippen LogP contribution is 2.11. The summed E-state index contributed by atoms with van der Waals surface area (Å²) in [5, 5.41) is 3.17. The highest BCUT2D eigenvalue weighted by Gasteiger charge is 2.19. The molecular weight excluding hydrogens is 334 g/mol. The van der Waals surface area contributed by atoms with E-state index in [0.29, 0.717) is 28.8 Å². The minimum Gasteiger partial charge on any atom is -0.351 e. The first-order valence-electron chi connectivity index (χ1n) is 7.11. The Morgan fingerprint density at radius 2 is 2.00 bits per heavy atom. The molecule has 3 N–H and O–H groups in total. The second-order valence-electron chi connectivity index (χ2n) is 6.09. The third-order valence-electron chi connectivity index (χ3n) is 3.26. The zero-order valence-electron chi connectivity index (χ0n) is 13.2. The molecule has 0 aliphatic carbocycles. The Morgan fingerprint density at radius 1 is 1.30 bits per heavy atom. The number of rotatable bonds is 4. The molecule has 0 aliphatic heterocycles. The van der Waals surface area contributed by atoms with Gasteiger partial charge in [-0.05, 0) is 51.2 Å². The van der Waals surface area contributed by atoms with Gasteiger partial charge < -0.3 is 10.3 Å². The monoisotopic (exact) mass is 353 g/mol. The molecule has 0 bridgehead atoms. The van der Waals surface area contributed by atoms with Crippen molar-refractivity contribution >= 4 is 39.8 Å². The van der Waals surface area contributed by atoms with Crippen molar-refractivity contribution in [3.05, 3.63) is 38.9 Å². The molecule has 1 aromatic carbocycles. The third kappa shape index (κ3) is 4.35. The van der Waals surface area contributed by atoms with Gasteiger partial charge in [0.1, 0.15) is 0 Å². The number of aromatic nitrogens is 2. The molecule has 0 spiro atoms. The van der Waals surface area contributed by atoms with Gasteiger partial charge in [-0.3, -0.25) is 18.8 Å². The van der Waals surface area contributed by atoms with E-state index in [9.17, 15) is 13.8 Å². The number of aromatic amines is 2. The molecule has 0 saturated carbocycles. The Labute approximate surface area is 141 Å². The van der Waals surface area contributed by atoms with Gasteiger partial charge in [0.2, 0.25) is 0 Å². The summed E-state index contributed by atoms with van der Waals surface area (Å²) < 4.78 is 11.8. The molecule has 0 radical (unpaired) electrons. The lowest BCUT2D eigenvalue weighted by molar-refractivity contribution is 0.0956. The number of carbonyl (C=O) groups excluding carboxylic acids is 1. The SMILES string of the molecule is CC(C)(C)[S@@](=O)CCNC(=O)c1ccc2c(=O)[nH]c(=S)[nH]c2c1. The van der Waals surface area contributed by atoms with Gasteiger partial charge in [0.15, 0.2) is 4.77 Å². The average Bonchev–Trinajstić information content (AvgIpc) is 2.45. The molecule has 0 unspecified atom stereocenters. The van der Waals surface area contributed by atoms with E-state index in [1.165, 1.54) is 0 Å². The summed E-state index contributed by atoms with van der Waals surface area (Å²) >= 11 is 4.92. The average molecular weight is 353 g/mol. The number of hydrogen-bond acceptors (Lipinski definition) is 4. The van der Waals surface area contributed by atoms with Crippen LogP contribution in [0.5, 0.6) is 0 Å². The molecule has 1 heterocycles. The van der Waals surface area contributed by atoms with Crippen molar-refractivity contribution in [2.45, 2.75) is 25.5 Å². The first kappa shape index (κ1) is 17.6. The van der Waals surface area contributed by atoms with Crippen molar-refractivity contribution < 1.29 is 9.00 Å². The summed E-state index contributed by atoms with van der Waals surface area (Å²) in [6.07, 6.45) is 0. The van der Waals surface area contributed by atoms with Crippen molar-refractivity contribution in [1.82, 2.24) is 15.3 Å². The fraction of sp³-hybridized carbons (Fsp3) is 0.400. The Morgan fingerprint density at radius 3 is 2.65 bits per heavy atom. The van der Waals surface area contributed by atoms with Crippen molar-refractivity contribution in [3.63, 3.8) is 0 Å². The zero-order valence-corrected chi connectivity index (χ0v) is 14.8. The quantitative estimate of drug-likeness (QED) is 0.731. The molecule has 6 nitrogen and oxygen atoms in total. The van der Waals surface area contributed by atoms with Crippen LogP contribution in [0.1, 0.15) is 31.1 Å². The van der Waals surface area contributed by atoms with Crippen LogP contribution in [-0.4, -0.2) is 37.1 Å². The number of benzene rings is 1. The molecule has 124 valence electrons. The Bertz CT molecular complexity index is 878. The van der Waals surface area contributed by atoms with Crippen LogP contribution in [0, 0.1) is 4.77 Å². The van der Waals surface area contributed by atoms with E-state index in [2.05, 4.69) is 15.3 Å². The maximum atomic E-state index is 12.2. The molecule has 23 heavy (non-hydrogen) atoms. The molecule has 2 rings (SSSR count). The van der Waals surface area contributed by atoms with Crippen LogP contribution in [0.2, 0.25) is 0 Å². The minimum absolute atomic E-state index is 0.209. The number of amides is 1. The number of hydrogen-bond donors (Lipinski definition) is 3. The van der Waals surface area contributed by atoms with Crippen molar-refractivity contribution in [2.75, 3.05) is 12.3 Å². The largest absolute Gasteiger partial charge is 0.351 e. The first-order chi connectivity index (χ1) is 10.7. The molecule has 1 amide bonds. The van der Waals surface area contributed by atoms with Crippen LogP contribution in [0.15, 0.2) is 23.0 Å². The Balaban J connectivity index is 2.11. The van der Waals surface area contributed by atoms with Gasteiger partial charge in [0.25, 0.3) is 11.5 Å². The number of carbonyl (C=O) groups is 1. The highest BCUT2D eigenvalue weighted by molar-refractivity contribution is 7.86. The second-order valence-corrected chi connectivity index (χ2v) is 8.82. The molecule has 1 atom stereocenters. The molecule has 0 saturated heterocycles. The molecule has 2 aromatic rings. The van der Waals surface area contributed by atoms with E-state index in [-0.39, 0.29) is 21.0 Å². The summed E-state index contributed by atoms with van der Waals surface area (Å²) in [5.41, 5.74) is 0.622. The van der Waals surface area contributed by atoms with Crippen molar-refractivity contribution in [1.29, 1.82) is 0 Å². The number of fused-ring (bicyclic) bond motifs is 1. The summed E-state index contributed by atoms with van der Waals surface area (Å²) in [7, 11) is -1.02. The fourth-order valence-electron chi connectivity index (χ4n) is 1.98. The summed E-state index contributed by atoms with van der Waals surface area (Å²) in [6, 6.07) is 4.72. The Kier molecular flexibility index (Phi) is 5.16. The number of nitrogens with one attached hydrogen (secondary N) is 3. The predicted octanol–water partition coefficient (Wildman–Crippen LogP) is 1.86. The topological polar surface area (TPSA) is 94.8 Å². The van der Waals surface area contributed by atoms with Gasteiger partial charge in [-0.2, -0.15) is 0 Å². The van der Waals surface area contributed by atoms with E-state index in [1.807, 2.05) is 20.8 Å². The summed E-state index contributed by atoms with van der Waals surface area (Å²) in [6.45, 7) is 6.02. The standard InChI is InChI=1S/C15H19N3O3S2/c1-15(2,3)23(21)7-6-16-12(19)9-4-5-10-11(8-9)17-14(22)18-13(10)20/h4-5,8H,6-7H2,1-3H3,(H,16,19)(H2,17,18,20,22)/t23-/m0/s1. The van der Waals surface area contributed by atoms with Gasteiger partial charge in [0.05, 0.1) is 10.9 Å². The lowest BCUT2D eigenvalue weighted by atomic mass is 10.1. The molecule has 8 heteroatoms. The van der Waals surface area contributed by atoms with Gasteiger partial charge in [-0.15, -0.1) is 0 Å². The smallest absolute Gasteiger partial charge is 0.259 e. The zero-order chi connectivity index (χ0) is 17.2. The van der Waals surface area contributed by atoms with Gasteiger partial charge in [0, 0.05) is 33.4 Å². The van der Waals surface area contributed by atoms with E-state index in [4.69, 9.17) is 12.2 Å². The van der Waals surface area contributed by atoms with E-state index in [1.54, 1.807) is 18.2 Å². The van der Waals surface area contributed by atoms with Gasteiger partial charge in [-0.25, -0.2) is 0 Å². The van der Waals surface area contributed by atoms with Crippen LogP contribution >= 0.6 is 12.2 Å². The number of H-pyrrole nitrogens is 2. The first-order valence-corrected chi connectivity index (χ1v) is 8.84. The van der Waals surface area contributed by atoms with Gasteiger partial charge in [-0.1, -0.05) is 0 Å². The molecule has 0 aliphatic rings. The van der Waals surface area contributed by atoms with Crippen LogP contribution in [0.25, 0.3) is 10.9 Å². The maximum absolute atomic E-state index is 12.2. The fourth-order valence-corrected chi connectivity index (χ4v) is 3.08. The van der Waals surface area contributed by atoms with E-state index < -0.39 is 10.8 Å². The molecule has 1 aromatic heterocycles. The summed E-state index contributed by atoms with van der Waals surface area (Å²) in [5.74, 6) is 0.114. The van der Waals surface area contributed by atoms with E-state index >= 15 is 0 Å². The predicted molar refractivity (Wildman–Crippen MR) is 94.8 cm³/mol. The van der Waals surface area contributed by atoms with Crippen LogP contribution in [0.3, 0.4) is 0 Å². The van der Waals surface area contributed by atoms with Crippen molar-refractivity contribution in [3.8, 4) is 0 Å². The molecular formula is C15H19N3O3S2. The summed E-state index contributed by atoms with van der Waals surface area (Å²) in [4.78, 5) is 29.2. The Hall–Kier alpha value is -1.80.